The third kappa shape index (κ3) is 2.07. The molecule has 98 valence electrons. The second-order valence-electron chi connectivity index (χ2n) is 4.84. The number of carbonyl (C=O) groups is 1. The average Bonchev–Trinajstić information content (AvgIpc) is 2.35. The van der Waals surface area contributed by atoms with Gasteiger partial charge >= 0.3 is 0 Å². The lowest BCUT2D eigenvalue weighted by atomic mass is 9.75. The van der Waals surface area contributed by atoms with Gasteiger partial charge in [0.15, 0.2) is 5.72 Å². The van der Waals surface area contributed by atoms with Crippen LogP contribution >= 0.6 is 0 Å². The van der Waals surface area contributed by atoms with E-state index in [0.717, 1.165) is 25.5 Å². The van der Waals surface area contributed by atoms with Gasteiger partial charge in [-0.25, -0.2) is 0 Å². The summed E-state index contributed by atoms with van der Waals surface area (Å²) in [5, 5.41) is 10.4. The molecule has 4 nitrogen and oxygen atoms in total. The summed E-state index contributed by atoms with van der Waals surface area (Å²) in [6.45, 7) is 0. The van der Waals surface area contributed by atoms with Crippen LogP contribution in [0.5, 0.6) is 0 Å². The van der Waals surface area contributed by atoms with E-state index in [2.05, 4.69) is 0 Å². The smallest absolute Gasteiger partial charge is 0.169 e. The molecule has 0 radical (unpaired) electrons. The van der Waals surface area contributed by atoms with Crippen LogP contribution in [0, 0.1) is 5.92 Å². The molecule has 0 spiro atoms. The molecular weight excluding hydrogens is 230 g/mol. The van der Waals surface area contributed by atoms with Crippen LogP contribution in [-0.2, 0) is 10.5 Å². The van der Waals surface area contributed by atoms with E-state index < -0.39 is 11.8 Å². The third-order valence-electron chi connectivity index (χ3n) is 3.88. The monoisotopic (exact) mass is 249 g/mol. The predicted molar refractivity (Wildman–Crippen MR) is 68.1 cm³/mol. The molecule has 18 heavy (non-hydrogen) atoms. The highest BCUT2D eigenvalue weighted by Gasteiger charge is 2.43. The molecular formula is C14H19NO3. The highest BCUT2D eigenvalue weighted by Crippen LogP contribution is 2.38. The minimum absolute atomic E-state index is 0.148. The summed E-state index contributed by atoms with van der Waals surface area (Å²) in [5.41, 5.74) is 5.90. The number of nitrogens with two attached hydrogens (primary N) is 1. The van der Waals surface area contributed by atoms with Crippen LogP contribution in [0.15, 0.2) is 24.3 Å². The second-order valence-corrected chi connectivity index (χ2v) is 4.84. The quantitative estimate of drug-likeness (QED) is 0.611. The highest BCUT2D eigenvalue weighted by atomic mass is 16.5. The van der Waals surface area contributed by atoms with Crippen molar-refractivity contribution in [3.8, 4) is 0 Å². The summed E-state index contributed by atoms with van der Waals surface area (Å²) in [4.78, 5) is 11.1. The Kier molecular flexibility index (Phi) is 3.80. The number of aldehydes is 1. The van der Waals surface area contributed by atoms with Crippen LogP contribution in [0.1, 0.15) is 35.2 Å². The van der Waals surface area contributed by atoms with Crippen molar-refractivity contribution in [2.24, 2.45) is 11.7 Å². The second kappa shape index (κ2) is 5.18. The first-order valence-corrected chi connectivity index (χ1v) is 6.20. The zero-order valence-electron chi connectivity index (χ0n) is 10.5. The van der Waals surface area contributed by atoms with Crippen LogP contribution in [0.4, 0.5) is 0 Å². The highest BCUT2D eigenvalue weighted by molar-refractivity contribution is 5.77. The third-order valence-corrected chi connectivity index (χ3v) is 3.88. The van der Waals surface area contributed by atoms with E-state index in [0.29, 0.717) is 11.1 Å². The fourth-order valence-corrected chi connectivity index (χ4v) is 2.45. The molecule has 0 heterocycles. The summed E-state index contributed by atoms with van der Waals surface area (Å²) >= 11 is 0. The largest absolute Gasteiger partial charge is 0.388 e. The van der Waals surface area contributed by atoms with Crippen molar-refractivity contribution in [2.45, 2.75) is 31.1 Å². The fraction of sp³-hybridized carbons (Fsp3) is 0.500. The van der Waals surface area contributed by atoms with Crippen LogP contribution in [0.25, 0.3) is 0 Å². The van der Waals surface area contributed by atoms with Gasteiger partial charge in [-0.1, -0.05) is 30.7 Å². The molecule has 0 unspecified atom stereocenters. The normalized spacial score (nSPS) is 20.8. The van der Waals surface area contributed by atoms with Gasteiger partial charge in [-0.15, -0.1) is 0 Å². The average molecular weight is 249 g/mol. The van der Waals surface area contributed by atoms with Crippen molar-refractivity contribution in [1.29, 1.82) is 0 Å². The molecule has 1 fully saturated rings. The maximum Gasteiger partial charge on any atom is 0.169 e. The Labute approximate surface area is 107 Å². The molecule has 1 aromatic carbocycles. The van der Waals surface area contributed by atoms with Crippen LogP contribution in [-0.4, -0.2) is 24.6 Å². The van der Waals surface area contributed by atoms with Crippen LogP contribution < -0.4 is 5.73 Å². The van der Waals surface area contributed by atoms with Crippen LogP contribution in [0.3, 0.4) is 0 Å². The van der Waals surface area contributed by atoms with Gasteiger partial charge in [0.2, 0.25) is 0 Å². The molecule has 1 aromatic rings. The van der Waals surface area contributed by atoms with Gasteiger partial charge < -0.3 is 9.84 Å². The molecule has 1 aliphatic carbocycles. The fourth-order valence-electron chi connectivity index (χ4n) is 2.45. The van der Waals surface area contributed by atoms with E-state index in [-0.39, 0.29) is 5.92 Å². The standard InChI is InChI=1S/C14H19NO3/c1-18-14(15,13(17)10-6-4-7-10)12-8-3-2-5-11(12)9-16/h2-3,5,8-10,13,17H,4,6-7,15H2,1H3/t13-,14-/m0/s1. The molecule has 2 atom stereocenters. The van der Waals surface area contributed by atoms with Gasteiger partial charge in [-0.2, -0.15) is 0 Å². The number of benzene rings is 1. The Morgan fingerprint density at radius 3 is 2.67 bits per heavy atom. The maximum atomic E-state index is 11.1. The lowest BCUT2D eigenvalue weighted by Gasteiger charge is -2.41. The van der Waals surface area contributed by atoms with Crippen LogP contribution in [0.2, 0.25) is 0 Å². The summed E-state index contributed by atoms with van der Waals surface area (Å²) in [6, 6.07) is 6.96. The Morgan fingerprint density at radius 1 is 1.50 bits per heavy atom. The van der Waals surface area contributed by atoms with Gasteiger partial charge in [0.1, 0.15) is 12.4 Å². The number of hydrogen-bond donors (Lipinski definition) is 2. The van der Waals surface area contributed by atoms with Crippen molar-refractivity contribution in [3.05, 3.63) is 35.4 Å². The van der Waals surface area contributed by atoms with E-state index in [1.807, 2.05) is 0 Å². The first-order chi connectivity index (χ1) is 8.63. The number of carbonyl (C=O) groups excluding carboxylic acids is 1. The number of ether oxygens (including phenoxy) is 1. The lowest BCUT2D eigenvalue weighted by Crippen LogP contribution is -2.54. The van der Waals surface area contributed by atoms with Crippen molar-refractivity contribution in [3.63, 3.8) is 0 Å². The first kappa shape index (κ1) is 13.2. The van der Waals surface area contributed by atoms with E-state index in [4.69, 9.17) is 10.5 Å². The van der Waals surface area contributed by atoms with E-state index >= 15 is 0 Å². The summed E-state index contributed by atoms with van der Waals surface area (Å²) < 4.78 is 5.35. The first-order valence-electron chi connectivity index (χ1n) is 6.20. The number of aliphatic hydroxyl groups is 1. The van der Waals surface area contributed by atoms with Gasteiger partial charge in [0.25, 0.3) is 0 Å². The zero-order chi connectivity index (χ0) is 13.2. The molecule has 1 saturated carbocycles. The van der Waals surface area contributed by atoms with Gasteiger partial charge in [0.05, 0.1) is 0 Å². The van der Waals surface area contributed by atoms with Crippen molar-refractivity contribution >= 4 is 6.29 Å². The Balaban J connectivity index is 2.38. The number of methoxy groups -OCH3 is 1. The minimum atomic E-state index is -1.32. The molecule has 0 amide bonds. The topological polar surface area (TPSA) is 72.5 Å². The van der Waals surface area contributed by atoms with Gasteiger partial charge in [-0.3, -0.25) is 10.5 Å². The Hall–Kier alpha value is -1.23. The maximum absolute atomic E-state index is 11.1. The van der Waals surface area contributed by atoms with Crippen molar-refractivity contribution < 1.29 is 14.6 Å². The van der Waals surface area contributed by atoms with Crippen molar-refractivity contribution in [2.75, 3.05) is 7.11 Å². The molecule has 1 aliphatic rings. The summed E-state index contributed by atoms with van der Waals surface area (Å²) in [7, 11) is 1.46. The Morgan fingerprint density at radius 2 is 2.17 bits per heavy atom. The number of rotatable bonds is 5. The summed E-state index contributed by atoms with van der Waals surface area (Å²) in [6.07, 6.45) is 2.96. The molecule has 4 heteroatoms. The van der Waals surface area contributed by atoms with Gasteiger partial charge in [-0.05, 0) is 18.8 Å². The molecule has 0 aliphatic heterocycles. The SMILES string of the molecule is CO[C@@](N)(c1ccccc1C=O)[C@@H](O)C1CCC1. The molecule has 2 rings (SSSR count). The molecule has 0 aromatic heterocycles. The lowest BCUT2D eigenvalue weighted by molar-refractivity contribution is -0.139. The summed E-state index contributed by atoms with van der Waals surface area (Å²) in [5.74, 6) is 0.148. The predicted octanol–water partition coefficient (Wildman–Crippen LogP) is 1.42. The number of aliphatic hydroxyl groups excluding tert-OH is 1. The zero-order valence-corrected chi connectivity index (χ0v) is 10.5. The van der Waals surface area contributed by atoms with E-state index in [9.17, 15) is 9.90 Å². The molecule has 0 bridgehead atoms. The minimum Gasteiger partial charge on any atom is -0.388 e. The Bertz CT molecular complexity index is 431. The van der Waals surface area contributed by atoms with E-state index in [1.165, 1.54) is 7.11 Å². The molecule has 3 N–H and O–H groups in total. The van der Waals surface area contributed by atoms with E-state index in [1.54, 1.807) is 24.3 Å². The molecule has 0 saturated heterocycles. The number of hydrogen-bond acceptors (Lipinski definition) is 4. The van der Waals surface area contributed by atoms with Gasteiger partial charge in [0, 0.05) is 18.2 Å². The van der Waals surface area contributed by atoms with Crippen molar-refractivity contribution in [1.82, 2.24) is 0 Å².